The Hall–Kier alpha value is -1.61. The predicted molar refractivity (Wildman–Crippen MR) is 61.9 cm³/mol. The molecule has 0 aromatic rings. The molecule has 0 spiro atoms. The molecule has 0 rings (SSSR count). The van der Waals surface area contributed by atoms with Crippen molar-refractivity contribution in [2.24, 2.45) is 5.92 Å². The largest absolute Gasteiger partial charge is 0.383 e. The maximum absolute atomic E-state index is 11.5. The van der Waals surface area contributed by atoms with Gasteiger partial charge in [-0.1, -0.05) is 6.92 Å². The van der Waals surface area contributed by atoms with Gasteiger partial charge >= 0.3 is 0 Å². The number of nitriles is 1. The molecule has 2 amide bonds. The van der Waals surface area contributed by atoms with Gasteiger partial charge in [-0.2, -0.15) is 5.26 Å². The van der Waals surface area contributed by atoms with Gasteiger partial charge in [0.2, 0.25) is 11.8 Å². The molecule has 96 valence electrons. The highest BCUT2D eigenvalue weighted by atomic mass is 16.5. The van der Waals surface area contributed by atoms with Crippen molar-refractivity contribution in [3.63, 3.8) is 0 Å². The molecule has 2 N–H and O–H groups in total. The van der Waals surface area contributed by atoms with Crippen molar-refractivity contribution >= 4 is 11.8 Å². The minimum Gasteiger partial charge on any atom is -0.383 e. The minimum atomic E-state index is -0.704. The number of amides is 2. The van der Waals surface area contributed by atoms with E-state index in [4.69, 9.17) is 10.00 Å². The Morgan fingerprint density at radius 2 is 2.06 bits per heavy atom. The number of nitrogens with one attached hydrogen (secondary N) is 2. The van der Waals surface area contributed by atoms with Gasteiger partial charge in [-0.05, 0) is 13.3 Å². The number of nitrogens with zero attached hydrogens (tertiary/aromatic N) is 1. The number of methoxy groups -OCH3 is 1. The number of hydrogen-bond acceptors (Lipinski definition) is 4. The van der Waals surface area contributed by atoms with Gasteiger partial charge in [0, 0.05) is 13.7 Å². The smallest absolute Gasteiger partial charge is 0.242 e. The predicted octanol–water partition coefficient (Wildman–Crippen LogP) is -0.197. The quantitative estimate of drug-likeness (QED) is 0.604. The van der Waals surface area contributed by atoms with Crippen molar-refractivity contribution in [2.45, 2.75) is 26.3 Å². The van der Waals surface area contributed by atoms with Crippen molar-refractivity contribution in [3.8, 4) is 6.07 Å². The molecule has 0 aliphatic carbocycles. The number of carbonyl (C=O) groups is 2. The van der Waals surface area contributed by atoms with Crippen LogP contribution in [0.3, 0.4) is 0 Å². The molecule has 6 heteroatoms. The highest BCUT2D eigenvalue weighted by molar-refractivity contribution is 5.89. The highest BCUT2D eigenvalue weighted by Gasteiger charge is 2.20. The van der Waals surface area contributed by atoms with E-state index in [2.05, 4.69) is 10.6 Å². The van der Waals surface area contributed by atoms with E-state index < -0.39 is 17.9 Å². The molecule has 0 aromatic carbocycles. The fourth-order valence-electron chi connectivity index (χ4n) is 1.14. The Labute approximate surface area is 101 Å². The number of carbonyl (C=O) groups excluding carboxylic acids is 2. The molecule has 0 radical (unpaired) electrons. The van der Waals surface area contributed by atoms with E-state index in [1.54, 1.807) is 13.8 Å². The molecular weight excluding hydrogens is 222 g/mol. The van der Waals surface area contributed by atoms with Crippen molar-refractivity contribution in [1.29, 1.82) is 5.26 Å². The summed E-state index contributed by atoms with van der Waals surface area (Å²) in [5, 5.41) is 13.8. The van der Waals surface area contributed by atoms with Crippen LogP contribution in [-0.4, -0.2) is 38.1 Å². The Morgan fingerprint density at radius 1 is 1.41 bits per heavy atom. The Morgan fingerprint density at radius 3 is 2.53 bits per heavy atom. The van der Waals surface area contributed by atoms with Crippen molar-refractivity contribution in [1.82, 2.24) is 10.6 Å². The molecule has 2 atom stereocenters. The van der Waals surface area contributed by atoms with Gasteiger partial charge in [0.05, 0.1) is 12.7 Å². The summed E-state index contributed by atoms with van der Waals surface area (Å²) in [6.45, 7) is 4.13. The van der Waals surface area contributed by atoms with Crippen LogP contribution in [0.1, 0.15) is 20.3 Å². The number of hydrogen-bond donors (Lipinski definition) is 2. The lowest BCUT2D eigenvalue weighted by Gasteiger charge is -2.15. The first-order valence-electron chi connectivity index (χ1n) is 5.53. The Balaban J connectivity index is 4.07. The second kappa shape index (κ2) is 8.53. The molecule has 0 heterocycles. The van der Waals surface area contributed by atoms with Crippen LogP contribution in [0.15, 0.2) is 0 Å². The van der Waals surface area contributed by atoms with Gasteiger partial charge in [0.1, 0.15) is 12.0 Å². The number of rotatable bonds is 7. The van der Waals surface area contributed by atoms with Gasteiger partial charge in [-0.15, -0.1) is 0 Å². The Bertz CT molecular complexity index is 299. The van der Waals surface area contributed by atoms with Crippen LogP contribution in [-0.2, 0) is 14.3 Å². The third-order valence-electron chi connectivity index (χ3n) is 2.24. The van der Waals surface area contributed by atoms with E-state index in [0.717, 1.165) is 0 Å². The average molecular weight is 241 g/mol. The maximum Gasteiger partial charge on any atom is 0.242 e. The fourth-order valence-corrected chi connectivity index (χ4v) is 1.14. The van der Waals surface area contributed by atoms with E-state index in [1.807, 2.05) is 6.07 Å². The summed E-state index contributed by atoms with van der Waals surface area (Å²) >= 11 is 0. The monoisotopic (exact) mass is 241 g/mol. The molecule has 2 unspecified atom stereocenters. The molecule has 6 nitrogen and oxygen atoms in total. The normalized spacial score (nSPS) is 13.3. The third kappa shape index (κ3) is 5.88. The van der Waals surface area contributed by atoms with Gasteiger partial charge in [0.15, 0.2) is 0 Å². The summed E-state index contributed by atoms with van der Waals surface area (Å²) in [7, 11) is 1.54. The lowest BCUT2D eigenvalue weighted by Crippen LogP contribution is -2.47. The van der Waals surface area contributed by atoms with Crippen LogP contribution in [0, 0.1) is 17.2 Å². The fraction of sp³-hybridized carbons (Fsp3) is 0.727. The second-order valence-corrected chi connectivity index (χ2v) is 3.60. The van der Waals surface area contributed by atoms with Crippen LogP contribution >= 0.6 is 0 Å². The van der Waals surface area contributed by atoms with E-state index in [0.29, 0.717) is 19.6 Å². The van der Waals surface area contributed by atoms with Crippen LogP contribution in [0.25, 0.3) is 0 Å². The first-order valence-corrected chi connectivity index (χ1v) is 5.53. The molecule has 0 saturated heterocycles. The van der Waals surface area contributed by atoms with Gasteiger partial charge in [-0.3, -0.25) is 9.59 Å². The molecular formula is C11H19N3O3. The van der Waals surface area contributed by atoms with E-state index in [-0.39, 0.29) is 5.91 Å². The zero-order valence-electron chi connectivity index (χ0n) is 10.4. The van der Waals surface area contributed by atoms with Crippen molar-refractivity contribution in [3.05, 3.63) is 0 Å². The summed E-state index contributed by atoms with van der Waals surface area (Å²) in [5.74, 6) is -1.41. The first kappa shape index (κ1) is 15.4. The minimum absolute atomic E-state index is 0.289. The zero-order chi connectivity index (χ0) is 13.3. The third-order valence-corrected chi connectivity index (χ3v) is 2.24. The van der Waals surface area contributed by atoms with Gasteiger partial charge in [-0.25, -0.2) is 0 Å². The molecule has 0 fully saturated rings. The number of ether oxygens (including phenoxy) is 1. The standard InChI is InChI=1S/C11H19N3O3/c1-4-9(7-12)11(16)14-8(2)10(15)13-5-6-17-3/h8-9H,4-6H2,1-3H3,(H,13,15)(H,14,16). The van der Waals surface area contributed by atoms with Crippen LogP contribution in [0.4, 0.5) is 0 Å². The highest BCUT2D eigenvalue weighted by Crippen LogP contribution is 2.00. The first-order chi connectivity index (χ1) is 8.06. The SMILES string of the molecule is CCC(C#N)C(=O)NC(C)C(=O)NCCOC. The van der Waals surface area contributed by atoms with Crippen LogP contribution in [0.5, 0.6) is 0 Å². The molecule has 0 bridgehead atoms. The van der Waals surface area contributed by atoms with Gasteiger partial charge < -0.3 is 15.4 Å². The molecule has 0 aromatic heterocycles. The summed E-state index contributed by atoms with van der Waals surface area (Å²) in [5.41, 5.74) is 0. The Kier molecular flexibility index (Phi) is 7.72. The molecule has 0 saturated carbocycles. The lowest BCUT2D eigenvalue weighted by atomic mass is 10.1. The van der Waals surface area contributed by atoms with E-state index in [9.17, 15) is 9.59 Å². The summed E-state index contributed by atoms with van der Waals surface area (Å²) in [6, 6.07) is 1.23. The second-order valence-electron chi connectivity index (χ2n) is 3.60. The van der Waals surface area contributed by atoms with Gasteiger partial charge in [0.25, 0.3) is 0 Å². The van der Waals surface area contributed by atoms with Crippen LogP contribution < -0.4 is 10.6 Å². The maximum atomic E-state index is 11.5. The summed E-state index contributed by atoms with van der Waals surface area (Å²) in [6.07, 6.45) is 0.431. The topological polar surface area (TPSA) is 91.2 Å². The summed E-state index contributed by atoms with van der Waals surface area (Å²) < 4.78 is 4.78. The van der Waals surface area contributed by atoms with Crippen molar-refractivity contribution < 1.29 is 14.3 Å². The average Bonchev–Trinajstić information content (AvgIpc) is 2.30. The molecule has 0 aliphatic rings. The molecule has 0 aliphatic heterocycles. The van der Waals surface area contributed by atoms with E-state index >= 15 is 0 Å². The van der Waals surface area contributed by atoms with Crippen LogP contribution in [0.2, 0.25) is 0 Å². The van der Waals surface area contributed by atoms with E-state index in [1.165, 1.54) is 7.11 Å². The van der Waals surface area contributed by atoms with Crippen molar-refractivity contribution in [2.75, 3.05) is 20.3 Å². The summed E-state index contributed by atoms with van der Waals surface area (Å²) in [4.78, 5) is 23.0. The zero-order valence-corrected chi connectivity index (χ0v) is 10.4. The molecule has 17 heavy (non-hydrogen) atoms. The lowest BCUT2D eigenvalue weighted by molar-refractivity contribution is -0.129.